The second kappa shape index (κ2) is 6.63. The van der Waals surface area contributed by atoms with Crippen LogP contribution in [0.5, 0.6) is 0 Å². The first kappa shape index (κ1) is 16.2. The second-order valence-corrected chi connectivity index (χ2v) is 8.21. The molecule has 0 bridgehead atoms. The Kier molecular flexibility index (Phi) is 4.13. The molecule has 0 amide bonds. The Labute approximate surface area is 157 Å². The lowest BCUT2D eigenvalue weighted by Gasteiger charge is -2.35. The molecule has 0 saturated carbocycles. The Balaban J connectivity index is 1.29. The number of thiophene rings is 1. The van der Waals surface area contributed by atoms with E-state index in [4.69, 9.17) is 5.10 Å². The number of anilines is 1. The van der Waals surface area contributed by atoms with Crippen LogP contribution in [0.1, 0.15) is 29.8 Å². The molecular formula is C19H24N6S. The van der Waals surface area contributed by atoms with Crippen LogP contribution in [0.25, 0.3) is 10.2 Å². The lowest BCUT2D eigenvalue weighted by Crippen LogP contribution is -2.46. The highest BCUT2D eigenvalue weighted by atomic mass is 32.1. The number of rotatable bonds is 3. The molecule has 1 aliphatic carbocycles. The van der Waals surface area contributed by atoms with E-state index in [-0.39, 0.29) is 0 Å². The van der Waals surface area contributed by atoms with Gasteiger partial charge in [0.2, 0.25) is 0 Å². The summed E-state index contributed by atoms with van der Waals surface area (Å²) >= 11 is 1.74. The van der Waals surface area contributed by atoms with Crippen molar-refractivity contribution in [1.29, 1.82) is 0 Å². The van der Waals surface area contributed by atoms with Gasteiger partial charge in [-0.15, -0.1) is 11.3 Å². The van der Waals surface area contributed by atoms with Crippen LogP contribution >= 0.6 is 11.3 Å². The van der Waals surface area contributed by atoms with Crippen LogP contribution in [0.2, 0.25) is 0 Å². The summed E-state index contributed by atoms with van der Waals surface area (Å²) in [6.45, 7) is 5.12. The molecule has 2 aliphatic rings. The fourth-order valence-corrected chi connectivity index (χ4v) is 5.18. The van der Waals surface area contributed by atoms with Gasteiger partial charge in [0.15, 0.2) is 0 Å². The van der Waals surface area contributed by atoms with Gasteiger partial charge in [-0.05, 0) is 42.7 Å². The third-order valence-corrected chi connectivity index (χ3v) is 6.62. The van der Waals surface area contributed by atoms with E-state index in [0.29, 0.717) is 0 Å². The van der Waals surface area contributed by atoms with Crippen LogP contribution in [0.4, 0.5) is 5.82 Å². The van der Waals surface area contributed by atoms with Crippen LogP contribution < -0.4 is 4.90 Å². The molecule has 7 heteroatoms. The quantitative estimate of drug-likeness (QED) is 0.711. The fourth-order valence-electron chi connectivity index (χ4n) is 4.32. The van der Waals surface area contributed by atoms with Gasteiger partial charge >= 0.3 is 0 Å². The lowest BCUT2D eigenvalue weighted by molar-refractivity contribution is 0.245. The molecule has 0 spiro atoms. The molecule has 26 heavy (non-hydrogen) atoms. The molecule has 6 nitrogen and oxygen atoms in total. The Morgan fingerprint density at radius 1 is 1.08 bits per heavy atom. The summed E-state index contributed by atoms with van der Waals surface area (Å²) < 4.78 is 3.33. The number of aromatic nitrogens is 4. The normalized spacial score (nSPS) is 18.4. The molecule has 0 N–H and O–H groups in total. The Hall–Kier alpha value is -1.99. The molecule has 3 aromatic rings. The first-order chi connectivity index (χ1) is 12.8. The molecule has 1 saturated heterocycles. The molecule has 0 unspecified atom stereocenters. The average molecular weight is 369 g/mol. The molecular weight excluding hydrogens is 344 g/mol. The minimum atomic E-state index is 0.981. The first-order valence-electron chi connectivity index (χ1n) is 9.49. The highest BCUT2D eigenvalue weighted by Gasteiger charge is 2.24. The molecule has 0 atom stereocenters. The number of hydrogen-bond acceptors (Lipinski definition) is 6. The van der Waals surface area contributed by atoms with Gasteiger partial charge in [0, 0.05) is 45.5 Å². The summed E-state index contributed by atoms with van der Waals surface area (Å²) in [7, 11) is 2.10. The molecule has 0 aromatic carbocycles. The van der Waals surface area contributed by atoms with Crippen molar-refractivity contribution in [3.8, 4) is 0 Å². The predicted molar refractivity (Wildman–Crippen MR) is 105 cm³/mol. The molecule has 4 heterocycles. The summed E-state index contributed by atoms with van der Waals surface area (Å²) in [6.07, 6.45) is 6.70. The summed E-state index contributed by atoms with van der Waals surface area (Å²) in [5.41, 5.74) is 5.35. The van der Waals surface area contributed by atoms with Crippen molar-refractivity contribution in [1.82, 2.24) is 24.6 Å². The second-order valence-electron chi connectivity index (χ2n) is 7.30. The number of hydrogen-bond donors (Lipinski definition) is 0. The SMILES string of the molecule is Cn1nc(CN2CCN(c3ncnc4ccsc34)CC2)c2c1CCCC2. The molecule has 3 aromatic heterocycles. The van der Waals surface area contributed by atoms with Crippen molar-refractivity contribution >= 4 is 27.4 Å². The van der Waals surface area contributed by atoms with Gasteiger partial charge in [-0.2, -0.15) is 5.10 Å². The van der Waals surface area contributed by atoms with E-state index in [1.807, 2.05) is 0 Å². The zero-order valence-electron chi connectivity index (χ0n) is 15.2. The third kappa shape index (κ3) is 2.79. The van der Waals surface area contributed by atoms with E-state index in [9.17, 15) is 0 Å². The topological polar surface area (TPSA) is 50.1 Å². The van der Waals surface area contributed by atoms with Gasteiger partial charge < -0.3 is 4.90 Å². The number of piperazine rings is 1. The van der Waals surface area contributed by atoms with Crippen LogP contribution in [0.15, 0.2) is 17.8 Å². The van der Waals surface area contributed by atoms with Gasteiger partial charge in [0.1, 0.15) is 12.1 Å². The smallest absolute Gasteiger partial charge is 0.150 e. The van der Waals surface area contributed by atoms with Crippen molar-refractivity contribution < 1.29 is 0 Å². The summed E-state index contributed by atoms with van der Waals surface area (Å²) in [4.78, 5) is 13.9. The highest BCUT2D eigenvalue weighted by molar-refractivity contribution is 7.17. The van der Waals surface area contributed by atoms with Crippen molar-refractivity contribution in [3.05, 3.63) is 34.7 Å². The average Bonchev–Trinajstić information content (AvgIpc) is 3.28. The number of fused-ring (bicyclic) bond motifs is 2. The Morgan fingerprint density at radius 3 is 2.81 bits per heavy atom. The van der Waals surface area contributed by atoms with Crippen molar-refractivity contribution in [2.45, 2.75) is 32.2 Å². The van der Waals surface area contributed by atoms with Crippen molar-refractivity contribution in [3.63, 3.8) is 0 Å². The third-order valence-electron chi connectivity index (χ3n) is 5.72. The maximum absolute atomic E-state index is 4.84. The lowest BCUT2D eigenvalue weighted by atomic mass is 9.95. The van der Waals surface area contributed by atoms with E-state index in [1.165, 1.54) is 47.3 Å². The van der Waals surface area contributed by atoms with E-state index in [0.717, 1.165) is 44.1 Å². The van der Waals surface area contributed by atoms with Gasteiger partial charge in [-0.1, -0.05) is 0 Å². The molecule has 5 rings (SSSR count). The van der Waals surface area contributed by atoms with E-state index in [1.54, 1.807) is 17.7 Å². The minimum Gasteiger partial charge on any atom is -0.353 e. The molecule has 1 fully saturated rings. The van der Waals surface area contributed by atoms with Gasteiger partial charge in [0.05, 0.1) is 15.9 Å². The minimum absolute atomic E-state index is 0.981. The maximum atomic E-state index is 4.84. The van der Waals surface area contributed by atoms with Crippen molar-refractivity contribution in [2.75, 3.05) is 31.1 Å². The molecule has 0 radical (unpaired) electrons. The maximum Gasteiger partial charge on any atom is 0.150 e. The number of nitrogens with zero attached hydrogens (tertiary/aromatic N) is 6. The fraction of sp³-hybridized carbons (Fsp3) is 0.526. The zero-order chi connectivity index (χ0) is 17.5. The van der Waals surface area contributed by atoms with E-state index in [2.05, 4.69) is 42.9 Å². The van der Waals surface area contributed by atoms with Crippen LogP contribution in [-0.4, -0.2) is 50.8 Å². The summed E-state index contributed by atoms with van der Waals surface area (Å²) in [5, 5.41) is 6.94. The summed E-state index contributed by atoms with van der Waals surface area (Å²) in [6, 6.07) is 2.08. The highest BCUT2D eigenvalue weighted by Crippen LogP contribution is 2.29. The Morgan fingerprint density at radius 2 is 1.92 bits per heavy atom. The predicted octanol–water partition coefficient (Wildman–Crippen LogP) is 2.63. The van der Waals surface area contributed by atoms with Gasteiger partial charge in [-0.25, -0.2) is 9.97 Å². The first-order valence-corrected chi connectivity index (χ1v) is 10.4. The standard InChI is InChI=1S/C19H24N6S/c1-23-17-5-3-2-4-14(17)16(22-23)12-24-7-9-25(10-8-24)19-18-15(6-11-26-18)20-13-21-19/h6,11,13H,2-5,7-10,12H2,1H3. The summed E-state index contributed by atoms with van der Waals surface area (Å²) in [5.74, 6) is 1.10. The largest absolute Gasteiger partial charge is 0.353 e. The molecule has 136 valence electrons. The Bertz CT molecular complexity index is 921. The van der Waals surface area contributed by atoms with Crippen LogP contribution in [0.3, 0.4) is 0 Å². The van der Waals surface area contributed by atoms with Crippen LogP contribution in [0, 0.1) is 0 Å². The van der Waals surface area contributed by atoms with E-state index >= 15 is 0 Å². The molecule has 1 aliphatic heterocycles. The monoisotopic (exact) mass is 368 g/mol. The van der Waals surface area contributed by atoms with Gasteiger partial charge in [0.25, 0.3) is 0 Å². The van der Waals surface area contributed by atoms with Crippen molar-refractivity contribution in [2.24, 2.45) is 7.05 Å². The van der Waals surface area contributed by atoms with E-state index < -0.39 is 0 Å². The van der Waals surface area contributed by atoms with Crippen LogP contribution in [-0.2, 0) is 26.4 Å². The van der Waals surface area contributed by atoms with Gasteiger partial charge in [-0.3, -0.25) is 9.58 Å². The zero-order valence-corrected chi connectivity index (χ0v) is 16.0. The number of aryl methyl sites for hydroxylation is 1.